The van der Waals surface area contributed by atoms with Crippen molar-refractivity contribution in [2.24, 2.45) is 0 Å². The second-order valence-corrected chi connectivity index (χ2v) is 9.71. The summed E-state index contributed by atoms with van der Waals surface area (Å²) in [7, 11) is 0. The molecule has 37 heavy (non-hydrogen) atoms. The van der Waals surface area contributed by atoms with Crippen LogP contribution in [0.5, 0.6) is 11.5 Å². The van der Waals surface area contributed by atoms with Gasteiger partial charge in [-0.2, -0.15) is 0 Å². The molecule has 2 atom stereocenters. The van der Waals surface area contributed by atoms with Crippen LogP contribution in [0.2, 0.25) is 10.0 Å². The maximum absolute atomic E-state index is 6.95. The van der Waals surface area contributed by atoms with E-state index in [4.69, 9.17) is 37.4 Å². The minimum absolute atomic E-state index is 0.339. The maximum atomic E-state index is 6.95. The van der Waals surface area contributed by atoms with Crippen LogP contribution in [0, 0.1) is 0 Å². The van der Waals surface area contributed by atoms with Crippen molar-refractivity contribution in [2.75, 3.05) is 13.2 Å². The highest BCUT2D eigenvalue weighted by Crippen LogP contribution is 2.37. The molecule has 0 radical (unpaired) electrons. The molecule has 3 nitrogen and oxygen atoms in total. The lowest BCUT2D eigenvalue weighted by Crippen LogP contribution is -2.13. The molecule has 4 aromatic carbocycles. The first-order chi connectivity index (χ1) is 18.1. The molecule has 0 aromatic heterocycles. The van der Waals surface area contributed by atoms with Gasteiger partial charge >= 0.3 is 0 Å². The number of ether oxygens (including phenoxy) is 3. The molecule has 0 bridgehead atoms. The number of hydrogen-bond acceptors (Lipinski definition) is 3. The number of benzene rings is 4. The summed E-state index contributed by atoms with van der Waals surface area (Å²) >= 11 is 12.4. The topological polar surface area (TPSA) is 27.7 Å². The van der Waals surface area contributed by atoms with E-state index < -0.39 is 0 Å². The van der Waals surface area contributed by atoms with Crippen molar-refractivity contribution in [3.8, 4) is 11.5 Å². The van der Waals surface area contributed by atoms with Gasteiger partial charge in [-0.15, -0.1) is 0 Å². The molecule has 5 heteroatoms. The first-order valence-electron chi connectivity index (χ1n) is 12.7. The van der Waals surface area contributed by atoms with Crippen molar-refractivity contribution in [1.82, 2.24) is 0 Å². The first-order valence-corrected chi connectivity index (χ1v) is 13.4. The quantitative estimate of drug-likeness (QED) is 0.181. The van der Waals surface area contributed by atoms with Gasteiger partial charge in [0, 0.05) is 10.0 Å². The molecule has 192 valence electrons. The summed E-state index contributed by atoms with van der Waals surface area (Å²) in [5.41, 5.74) is 4.06. The largest absolute Gasteiger partial charge is 0.494 e. The molecule has 0 saturated carbocycles. The Balaban J connectivity index is 1.71. The minimum Gasteiger partial charge on any atom is -0.494 e. The number of halogens is 2. The lowest BCUT2D eigenvalue weighted by molar-refractivity contribution is 0.0308. The molecule has 4 rings (SSSR count). The highest BCUT2D eigenvalue weighted by Gasteiger charge is 2.24. The van der Waals surface area contributed by atoms with E-state index in [1.165, 1.54) is 0 Å². The monoisotopic (exact) mass is 534 g/mol. The van der Waals surface area contributed by atoms with Crippen LogP contribution in [0.4, 0.5) is 0 Å². The van der Waals surface area contributed by atoms with Crippen LogP contribution in [0.3, 0.4) is 0 Å². The molecule has 0 amide bonds. The van der Waals surface area contributed by atoms with Crippen LogP contribution in [0.1, 0.15) is 61.2 Å². The molecule has 0 spiro atoms. The van der Waals surface area contributed by atoms with E-state index in [2.05, 4.69) is 38.1 Å². The molecule has 0 heterocycles. The average Bonchev–Trinajstić information content (AvgIpc) is 2.93. The summed E-state index contributed by atoms with van der Waals surface area (Å²) in [4.78, 5) is 0. The number of hydrogen-bond donors (Lipinski definition) is 0. The lowest BCUT2D eigenvalue weighted by atomic mass is 9.97. The highest BCUT2D eigenvalue weighted by atomic mass is 35.5. The third-order valence-electron chi connectivity index (χ3n) is 5.93. The van der Waals surface area contributed by atoms with Gasteiger partial charge in [0.2, 0.25) is 0 Å². The fraction of sp³-hybridized carbons (Fsp3) is 0.250. The van der Waals surface area contributed by atoms with Gasteiger partial charge in [0.25, 0.3) is 0 Å². The Morgan fingerprint density at radius 2 is 0.784 bits per heavy atom. The summed E-state index contributed by atoms with van der Waals surface area (Å²) in [6.07, 6.45) is 1.25. The molecule has 2 unspecified atom stereocenters. The molecular weight excluding hydrogens is 503 g/mol. The van der Waals surface area contributed by atoms with Crippen molar-refractivity contribution < 1.29 is 14.2 Å². The fourth-order valence-corrected chi connectivity index (χ4v) is 4.28. The van der Waals surface area contributed by atoms with E-state index >= 15 is 0 Å². The van der Waals surface area contributed by atoms with Crippen LogP contribution in [-0.4, -0.2) is 13.2 Å². The van der Waals surface area contributed by atoms with E-state index in [1.54, 1.807) is 0 Å². The lowest BCUT2D eigenvalue weighted by Gasteiger charge is -2.27. The Hall–Kier alpha value is -2.98. The van der Waals surface area contributed by atoms with Gasteiger partial charge in [0.1, 0.15) is 23.7 Å². The molecular formula is C32H32Cl2O3. The van der Waals surface area contributed by atoms with Gasteiger partial charge in [-0.05, 0) is 83.6 Å². The zero-order chi connectivity index (χ0) is 26.0. The zero-order valence-corrected chi connectivity index (χ0v) is 22.7. The van der Waals surface area contributed by atoms with E-state index in [0.29, 0.717) is 23.3 Å². The van der Waals surface area contributed by atoms with Crippen molar-refractivity contribution >= 4 is 23.2 Å². The van der Waals surface area contributed by atoms with Gasteiger partial charge in [0.05, 0.1) is 13.2 Å². The molecule has 0 N–H and O–H groups in total. The Morgan fingerprint density at radius 1 is 0.486 bits per heavy atom. The van der Waals surface area contributed by atoms with Crippen molar-refractivity contribution in [2.45, 2.75) is 38.9 Å². The fourth-order valence-electron chi connectivity index (χ4n) is 4.03. The van der Waals surface area contributed by atoms with Gasteiger partial charge in [-0.3, -0.25) is 0 Å². The van der Waals surface area contributed by atoms with Crippen LogP contribution < -0.4 is 9.47 Å². The first kappa shape index (κ1) is 27.1. The highest BCUT2D eigenvalue weighted by molar-refractivity contribution is 6.30. The van der Waals surface area contributed by atoms with Gasteiger partial charge in [-0.1, -0.05) is 85.6 Å². The van der Waals surface area contributed by atoms with E-state index in [0.717, 1.165) is 46.6 Å². The zero-order valence-electron chi connectivity index (χ0n) is 21.2. The van der Waals surface area contributed by atoms with Crippen LogP contribution in [0.15, 0.2) is 97.1 Å². The van der Waals surface area contributed by atoms with Gasteiger partial charge in [0.15, 0.2) is 0 Å². The van der Waals surface area contributed by atoms with Gasteiger partial charge < -0.3 is 14.2 Å². The van der Waals surface area contributed by atoms with Crippen LogP contribution >= 0.6 is 23.2 Å². The predicted molar refractivity (Wildman–Crippen MR) is 152 cm³/mol. The van der Waals surface area contributed by atoms with Gasteiger partial charge in [-0.25, -0.2) is 0 Å². The van der Waals surface area contributed by atoms with Crippen LogP contribution in [0.25, 0.3) is 0 Å². The summed E-state index contributed by atoms with van der Waals surface area (Å²) in [5, 5.41) is 1.37. The molecule has 0 fully saturated rings. The average molecular weight is 536 g/mol. The normalized spacial score (nSPS) is 12.6. The Kier molecular flexibility index (Phi) is 9.90. The number of rotatable bonds is 12. The minimum atomic E-state index is -0.339. The third-order valence-corrected chi connectivity index (χ3v) is 6.43. The summed E-state index contributed by atoms with van der Waals surface area (Å²) < 4.78 is 18.5. The maximum Gasteiger partial charge on any atom is 0.119 e. The molecule has 0 aliphatic carbocycles. The molecule has 0 aliphatic rings. The Bertz CT molecular complexity index is 1120. The summed E-state index contributed by atoms with van der Waals surface area (Å²) in [5.74, 6) is 1.69. The van der Waals surface area contributed by atoms with Crippen molar-refractivity contribution in [3.05, 3.63) is 129 Å². The molecule has 4 aromatic rings. The standard InChI is InChI=1S/C32H32Cl2O3/c1-3-21-35-29-17-9-25(10-18-29)31(23-5-13-27(33)14-6-23)37-32(24-7-15-28(34)16-8-24)26-11-19-30(20-12-26)36-22-4-2/h5-20,31-32H,3-4,21-22H2,1-2H3. The van der Waals surface area contributed by atoms with Crippen molar-refractivity contribution in [1.29, 1.82) is 0 Å². The van der Waals surface area contributed by atoms with Crippen molar-refractivity contribution in [3.63, 3.8) is 0 Å². The SMILES string of the molecule is CCCOc1ccc(C(OC(c2ccc(Cl)cc2)c2ccc(OCCC)cc2)c2ccc(Cl)cc2)cc1. The third kappa shape index (κ3) is 7.52. The second kappa shape index (κ2) is 13.5. The Morgan fingerprint density at radius 3 is 1.08 bits per heavy atom. The summed E-state index contributed by atoms with van der Waals surface area (Å²) in [6, 6.07) is 31.8. The second-order valence-electron chi connectivity index (χ2n) is 8.83. The van der Waals surface area contributed by atoms with E-state index in [9.17, 15) is 0 Å². The smallest absolute Gasteiger partial charge is 0.119 e. The molecule has 0 saturated heterocycles. The molecule has 0 aliphatic heterocycles. The van der Waals surface area contributed by atoms with E-state index in [1.807, 2.05) is 72.8 Å². The van der Waals surface area contributed by atoms with Crippen LogP contribution in [-0.2, 0) is 4.74 Å². The van der Waals surface area contributed by atoms with E-state index in [-0.39, 0.29) is 12.2 Å². The summed E-state index contributed by atoms with van der Waals surface area (Å²) in [6.45, 7) is 5.57. The predicted octanol–water partition coefficient (Wildman–Crippen LogP) is 9.47. The Labute approximate surface area is 229 Å².